The van der Waals surface area contributed by atoms with Gasteiger partial charge < -0.3 is 5.32 Å². The van der Waals surface area contributed by atoms with E-state index in [0.29, 0.717) is 12.2 Å². The summed E-state index contributed by atoms with van der Waals surface area (Å²) in [4.78, 5) is 16.3. The first-order chi connectivity index (χ1) is 8.87. The molecule has 2 aromatic rings. The van der Waals surface area contributed by atoms with Crippen LogP contribution in [0.15, 0.2) is 34.9 Å². The molecule has 0 unspecified atom stereocenters. The van der Waals surface area contributed by atoms with E-state index in [-0.39, 0.29) is 11.3 Å². The first kappa shape index (κ1) is 14.0. The molecule has 1 heterocycles. The molecule has 19 heavy (non-hydrogen) atoms. The van der Waals surface area contributed by atoms with Gasteiger partial charge in [-0.2, -0.15) is 0 Å². The number of benzene rings is 1. The highest BCUT2D eigenvalue weighted by atomic mass is 79.9. The molecule has 3 nitrogen and oxygen atoms in total. The number of amides is 1. The number of pyridine rings is 1. The molecule has 0 fully saturated rings. The molecule has 1 aromatic heterocycles. The number of rotatable bonds is 2. The van der Waals surface area contributed by atoms with Gasteiger partial charge in [0.25, 0.3) is 0 Å². The lowest BCUT2D eigenvalue weighted by Crippen LogP contribution is -2.20. The third kappa shape index (κ3) is 3.53. The molecule has 0 aliphatic carbocycles. The van der Waals surface area contributed by atoms with E-state index in [1.807, 2.05) is 45.0 Å². The first-order valence-electron chi connectivity index (χ1n) is 6.20. The lowest BCUT2D eigenvalue weighted by atomic mass is 9.92. The second-order valence-electron chi connectivity index (χ2n) is 5.78. The molecule has 1 N–H and O–H groups in total. The van der Waals surface area contributed by atoms with Crippen molar-refractivity contribution in [2.24, 2.45) is 5.41 Å². The molecule has 1 aromatic carbocycles. The highest BCUT2D eigenvalue weighted by Gasteiger charge is 2.17. The summed E-state index contributed by atoms with van der Waals surface area (Å²) in [5, 5.41) is 4.89. The normalized spacial score (nSPS) is 11.6. The Kier molecular flexibility index (Phi) is 3.90. The number of nitrogens with one attached hydrogen (secondary N) is 1. The maximum Gasteiger partial charge on any atom is 0.226 e. The van der Waals surface area contributed by atoms with Gasteiger partial charge in [-0.15, -0.1) is 0 Å². The van der Waals surface area contributed by atoms with Crippen molar-refractivity contribution in [3.63, 3.8) is 0 Å². The van der Waals surface area contributed by atoms with E-state index in [2.05, 4.69) is 26.2 Å². The Morgan fingerprint density at radius 3 is 2.68 bits per heavy atom. The van der Waals surface area contributed by atoms with Crippen LogP contribution in [-0.2, 0) is 4.79 Å². The van der Waals surface area contributed by atoms with E-state index < -0.39 is 0 Å². The molecular weight excluding hydrogens is 304 g/mol. The van der Waals surface area contributed by atoms with E-state index in [9.17, 15) is 4.79 Å². The molecule has 0 atom stereocenters. The van der Waals surface area contributed by atoms with E-state index >= 15 is 0 Å². The van der Waals surface area contributed by atoms with Gasteiger partial charge in [-0.25, -0.2) is 4.98 Å². The molecule has 4 heteroatoms. The molecule has 0 aliphatic rings. The third-order valence-electron chi connectivity index (χ3n) is 2.70. The zero-order chi connectivity index (χ0) is 14.0. The predicted octanol–water partition coefficient (Wildman–Crippen LogP) is 4.37. The van der Waals surface area contributed by atoms with Crippen molar-refractivity contribution in [2.75, 3.05) is 5.32 Å². The van der Waals surface area contributed by atoms with E-state index in [1.165, 1.54) is 0 Å². The number of anilines is 1. The van der Waals surface area contributed by atoms with E-state index in [0.717, 1.165) is 15.2 Å². The Bertz CT molecular complexity index is 617. The zero-order valence-corrected chi connectivity index (χ0v) is 12.9. The quantitative estimate of drug-likeness (QED) is 0.892. The summed E-state index contributed by atoms with van der Waals surface area (Å²) in [5.41, 5.74) is -0.0325. The number of carbonyl (C=O) groups is 1. The SMILES string of the molecule is CC(C)(C)CC(=O)Nc1nccc2c(Br)cccc12. The largest absolute Gasteiger partial charge is 0.310 e. The van der Waals surface area contributed by atoms with Crippen molar-refractivity contribution in [3.8, 4) is 0 Å². The fraction of sp³-hybridized carbons (Fsp3) is 0.333. The topological polar surface area (TPSA) is 42.0 Å². The van der Waals surface area contributed by atoms with Crippen LogP contribution in [0.5, 0.6) is 0 Å². The van der Waals surface area contributed by atoms with Crippen LogP contribution in [0.1, 0.15) is 27.2 Å². The Morgan fingerprint density at radius 2 is 2.00 bits per heavy atom. The third-order valence-corrected chi connectivity index (χ3v) is 3.39. The van der Waals surface area contributed by atoms with Crippen molar-refractivity contribution in [1.82, 2.24) is 4.98 Å². The Morgan fingerprint density at radius 1 is 1.26 bits per heavy atom. The Labute approximate surface area is 121 Å². The number of hydrogen-bond donors (Lipinski definition) is 1. The summed E-state index contributed by atoms with van der Waals surface area (Å²) >= 11 is 3.51. The molecular formula is C15H17BrN2O. The van der Waals surface area contributed by atoms with Crippen molar-refractivity contribution in [1.29, 1.82) is 0 Å². The lowest BCUT2D eigenvalue weighted by Gasteiger charge is -2.17. The summed E-state index contributed by atoms with van der Waals surface area (Å²) in [6, 6.07) is 7.80. The standard InChI is InChI=1S/C15H17BrN2O/c1-15(2,3)9-13(19)18-14-11-5-4-6-12(16)10(11)7-8-17-14/h4-8H,9H2,1-3H3,(H,17,18,19). The monoisotopic (exact) mass is 320 g/mol. The predicted molar refractivity (Wildman–Crippen MR) is 82.1 cm³/mol. The number of halogens is 1. The summed E-state index contributed by atoms with van der Waals surface area (Å²) in [5.74, 6) is 0.612. The molecule has 0 radical (unpaired) electrons. The van der Waals surface area contributed by atoms with Crippen molar-refractivity contribution in [3.05, 3.63) is 34.9 Å². The Balaban J connectivity index is 2.31. The van der Waals surface area contributed by atoms with Gasteiger partial charge in [-0.05, 0) is 17.5 Å². The summed E-state index contributed by atoms with van der Waals surface area (Å²) in [6.07, 6.45) is 2.18. The summed E-state index contributed by atoms with van der Waals surface area (Å²) in [6.45, 7) is 6.12. The average Bonchev–Trinajstić information content (AvgIpc) is 2.28. The van der Waals surface area contributed by atoms with Gasteiger partial charge >= 0.3 is 0 Å². The van der Waals surface area contributed by atoms with Gasteiger partial charge in [0.2, 0.25) is 5.91 Å². The maximum absolute atomic E-state index is 12.0. The minimum Gasteiger partial charge on any atom is -0.310 e. The molecule has 0 bridgehead atoms. The summed E-state index contributed by atoms with van der Waals surface area (Å²) < 4.78 is 0.999. The van der Waals surface area contributed by atoms with Gasteiger partial charge in [-0.1, -0.05) is 48.8 Å². The van der Waals surface area contributed by atoms with Gasteiger partial charge in [0.1, 0.15) is 5.82 Å². The fourth-order valence-corrected chi connectivity index (χ4v) is 2.42. The molecule has 0 saturated carbocycles. The molecule has 0 aliphatic heterocycles. The molecule has 2 rings (SSSR count). The highest BCUT2D eigenvalue weighted by Crippen LogP contribution is 2.28. The summed E-state index contributed by atoms with van der Waals surface area (Å²) in [7, 11) is 0. The molecule has 0 saturated heterocycles. The number of aromatic nitrogens is 1. The van der Waals surface area contributed by atoms with Crippen LogP contribution < -0.4 is 5.32 Å². The van der Waals surface area contributed by atoms with E-state index in [1.54, 1.807) is 6.20 Å². The van der Waals surface area contributed by atoms with Gasteiger partial charge in [0, 0.05) is 27.9 Å². The van der Waals surface area contributed by atoms with Crippen LogP contribution in [0, 0.1) is 5.41 Å². The number of hydrogen-bond acceptors (Lipinski definition) is 2. The van der Waals surface area contributed by atoms with Crippen molar-refractivity contribution >= 4 is 38.4 Å². The van der Waals surface area contributed by atoms with Crippen LogP contribution in [0.4, 0.5) is 5.82 Å². The molecule has 0 spiro atoms. The second-order valence-corrected chi connectivity index (χ2v) is 6.63. The first-order valence-corrected chi connectivity index (χ1v) is 6.99. The van der Waals surface area contributed by atoms with E-state index in [4.69, 9.17) is 0 Å². The lowest BCUT2D eigenvalue weighted by molar-refractivity contribution is -0.117. The van der Waals surface area contributed by atoms with Crippen LogP contribution in [0.2, 0.25) is 0 Å². The maximum atomic E-state index is 12.0. The zero-order valence-electron chi connectivity index (χ0n) is 11.3. The van der Waals surface area contributed by atoms with Crippen molar-refractivity contribution < 1.29 is 4.79 Å². The minimum absolute atomic E-state index is 0.00697. The van der Waals surface area contributed by atoms with Gasteiger partial charge in [0.05, 0.1) is 0 Å². The van der Waals surface area contributed by atoms with Crippen LogP contribution >= 0.6 is 15.9 Å². The van der Waals surface area contributed by atoms with Gasteiger partial charge in [0.15, 0.2) is 0 Å². The molecule has 1 amide bonds. The second kappa shape index (κ2) is 5.29. The number of carbonyl (C=O) groups excluding carboxylic acids is 1. The smallest absolute Gasteiger partial charge is 0.226 e. The van der Waals surface area contributed by atoms with Crippen LogP contribution in [0.3, 0.4) is 0 Å². The van der Waals surface area contributed by atoms with Crippen molar-refractivity contribution in [2.45, 2.75) is 27.2 Å². The highest BCUT2D eigenvalue weighted by molar-refractivity contribution is 9.10. The fourth-order valence-electron chi connectivity index (χ4n) is 1.93. The van der Waals surface area contributed by atoms with Crippen LogP contribution in [-0.4, -0.2) is 10.9 Å². The number of fused-ring (bicyclic) bond motifs is 1. The average molecular weight is 321 g/mol. The van der Waals surface area contributed by atoms with Crippen LogP contribution in [0.25, 0.3) is 10.8 Å². The minimum atomic E-state index is -0.0325. The molecule has 100 valence electrons. The van der Waals surface area contributed by atoms with Gasteiger partial charge in [-0.3, -0.25) is 4.79 Å². The Hall–Kier alpha value is -1.42. The number of nitrogens with zero attached hydrogens (tertiary/aromatic N) is 1.